The van der Waals surface area contributed by atoms with Gasteiger partial charge in [0.15, 0.2) is 0 Å². The van der Waals surface area contributed by atoms with Crippen molar-refractivity contribution in [3.05, 3.63) is 53.1 Å². The number of rotatable bonds is 2. The highest BCUT2D eigenvalue weighted by Crippen LogP contribution is 2.40. The van der Waals surface area contributed by atoms with E-state index in [0.29, 0.717) is 30.9 Å². The highest BCUT2D eigenvalue weighted by Gasteiger charge is 2.33. The smallest absolute Gasteiger partial charge is 0.407 e. The number of benzene rings is 2. The van der Waals surface area contributed by atoms with Crippen LogP contribution in [0.2, 0.25) is 0 Å². The molecule has 0 aliphatic carbocycles. The van der Waals surface area contributed by atoms with E-state index in [9.17, 15) is 15.0 Å². The third-order valence-corrected chi connectivity index (χ3v) is 5.94. The van der Waals surface area contributed by atoms with Crippen molar-refractivity contribution in [3.63, 3.8) is 0 Å². The van der Waals surface area contributed by atoms with Gasteiger partial charge in [0.25, 0.3) is 5.89 Å². The largest absolute Gasteiger partial charge is 0.507 e. The summed E-state index contributed by atoms with van der Waals surface area (Å²) in [5.41, 5.74) is 3.56. The SMILES string of the molecule is CC(C)(C)C1CN(C(=O)O)CCc2cc(-c3noc(-c4ccc(O)c(C#N)c4)n3)ccc21. The Morgan fingerprint density at radius 2 is 1.97 bits per heavy atom. The van der Waals surface area contributed by atoms with Gasteiger partial charge in [-0.1, -0.05) is 38.1 Å². The lowest BCUT2D eigenvalue weighted by Gasteiger charge is -2.33. The summed E-state index contributed by atoms with van der Waals surface area (Å²) in [6, 6.07) is 12.4. The van der Waals surface area contributed by atoms with Crippen LogP contribution in [0.3, 0.4) is 0 Å². The fourth-order valence-corrected chi connectivity index (χ4v) is 4.10. The maximum absolute atomic E-state index is 11.7. The summed E-state index contributed by atoms with van der Waals surface area (Å²) in [7, 11) is 0. The maximum atomic E-state index is 11.7. The summed E-state index contributed by atoms with van der Waals surface area (Å²) in [6.45, 7) is 7.26. The van der Waals surface area contributed by atoms with E-state index in [2.05, 4.69) is 30.9 Å². The molecule has 0 fully saturated rings. The summed E-state index contributed by atoms with van der Waals surface area (Å²) >= 11 is 0. The van der Waals surface area contributed by atoms with E-state index in [1.807, 2.05) is 24.3 Å². The first kappa shape index (κ1) is 21.4. The molecule has 0 radical (unpaired) electrons. The van der Waals surface area contributed by atoms with Crippen LogP contribution in [0.1, 0.15) is 43.4 Å². The third-order valence-electron chi connectivity index (χ3n) is 5.94. The maximum Gasteiger partial charge on any atom is 0.407 e. The van der Waals surface area contributed by atoms with E-state index in [1.165, 1.54) is 17.0 Å². The molecule has 32 heavy (non-hydrogen) atoms. The van der Waals surface area contributed by atoms with Gasteiger partial charge < -0.3 is 19.6 Å². The average molecular weight is 432 g/mol. The van der Waals surface area contributed by atoms with E-state index in [1.54, 1.807) is 6.07 Å². The van der Waals surface area contributed by atoms with Crippen LogP contribution in [0.4, 0.5) is 4.79 Å². The van der Waals surface area contributed by atoms with Crippen LogP contribution >= 0.6 is 0 Å². The van der Waals surface area contributed by atoms with Crippen LogP contribution < -0.4 is 0 Å². The van der Waals surface area contributed by atoms with Crippen molar-refractivity contribution < 1.29 is 19.5 Å². The fraction of sp³-hybridized carbons (Fsp3) is 0.333. The molecule has 2 heterocycles. The molecule has 0 saturated heterocycles. The Kier molecular flexibility index (Phi) is 5.35. The van der Waals surface area contributed by atoms with Gasteiger partial charge in [0, 0.05) is 30.1 Å². The Labute approximate surface area is 185 Å². The minimum Gasteiger partial charge on any atom is -0.507 e. The lowest BCUT2D eigenvalue weighted by Crippen LogP contribution is -2.36. The average Bonchev–Trinajstić information content (AvgIpc) is 3.14. The molecule has 4 rings (SSSR count). The Bertz CT molecular complexity index is 1220. The number of phenolic OH excluding ortho intramolecular Hbond substituents is 1. The number of nitriles is 1. The molecule has 1 atom stereocenters. The quantitative estimate of drug-likeness (QED) is 0.604. The molecule has 164 valence electrons. The first-order chi connectivity index (χ1) is 15.2. The van der Waals surface area contributed by atoms with E-state index in [4.69, 9.17) is 9.78 Å². The minimum atomic E-state index is -0.902. The standard InChI is InChI=1S/C24H24N4O4/c1-24(2,3)19-13-28(23(30)31)9-8-14-10-15(4-6-18(14)19)21-26-22(32-27-21)16-5-7-20(29)17(11-16)12-25/h4-7,10-11,19,29H,8-9,13H2,1-3H3,(H,30,31). The van der Waals surface area contributed by atoms with Crippen LogP contribution in [-0.4, -0.2) is 44.4 Å². The van der Waals surface area contributed by atoms with Crippen molar-refractivity contribution in [2.45, 2.75) is 33.1 Å². The van der Waals surface area contributed by atoms with Crippen LogP contribution in [0.15, 0.2) is 40.9 Å². The number of hydrogen-bond acceptors (Lipinski definition) is 6. The molecule has 1 aliphatic rings. The number of aromatic nitrogens is 2. The van der Waals surface area contributed by atoms with Crippen LogP contribution in [0, 0.1) is 16.7 Å². The predicted molar refractivity (Wildman–Crippen MR) is 117 cm³/mol. The molecular weight excluding hydrogens is 408 g/mol. The summed E-state index contributed by atoms with van der Waals surface area (Å²) in [4.78, 5) is 17.6. The molecule has 3 aromatic rings. The minimum absolute atomic E-state index is 0.0624. The van der Waals surface area contributed by atoms with Crippen molar-refractivity contribution in [3.8, 4) is 34.7 Å². The second-order valence-electron chi connectivity index (χ2n) is 9.08. The molecule has 8 nitrogen and oxygen atoms in total. The number of carbonyl (C=O) groups is 1. The lowest BCUT2D eigenvalue weighted by molar-refractivity contribution is 0.135. The molecule has 1 amide bonds. The Hall–Kier alpha value is -3.86. The topological polar surface area (TPSA) is 123 Å². The molecule has 0 spiro atoms. The summed E-state index contributed by atoms with van der Waals surface area (Å²) < 4.78 is 5.40. The van der Waals surface area contributed by atoms with E-state index < -0.39 is 6.09 Å². The van der Waals surface area contributed by atoms with Gasteiger partial charge in [-0.2, -0.15) is 10.2 Å². The number of amides is 1. The van der Waals surface area contributed by atoms with Gasteiger partial charge in [-0.25, -0.2) is 4.79 Å². The van der Waals surface area contributed by atoms with Gasteiger partial charge in [0.05, 0.1) is 5.56 Å². The van der Waals surface area contributed by atoms with Crippen molar-refractivity contribution in [1.29, 1.82) is 5.26 Å². The van der Waals surface area contributed by atoms with Crippen molar-refractivity contribution >= 4 is 6.09 Å². The van der Waals surface area contributed by atoms with Gasteiger partial charge in [0.1, 0.15) is 11.8 Å². The number of fused-ring (bicyclic) bond motifs is 1. The first-order valence-corrected chi connectivity index (χ1v) is 10.4. The van der Waals surface area contributed by atoms with Gasteiger partial charge in [0.2, 0.25) is 5.82 Å². The van der Waals surface area contributed by atoms with E-state index in [0.717, 1.165) is 16.7 Å². The second kappa shape index (κ2) is 8.00. The number of nitrogens with zero attached hydrogens (tertiary/aromatic N) is 4. The van der Waals surface area contributed by atoms with E-state index in [-0.39, 0.29) is 28.5 Å². The normalized spacial score (nSPS) is 16.2. The van der Waals surface area contributed by atoms with Crippen LogP contribution in [-0.2, 0) is 6.42 Å². The molecule has 1 aliphatic heterocycles. The van der Waals surface area contributed by atoms with Crippen LogP contribution in [0.25, 0.3) is 22.8 Å². The van der Waals surface area contributed by atoms with Gasteiger partial charge in [-0.15, -0.1) is 0 Å². The summed E-state index contributed by atoms with van der Waals surface area (Å²) in [5.74, 6) is 0.606. The highest BCUT2D eigenvalue weighted by molar-refractivity contribution is 5.66. The molecule has 8 heteroatoms. The Morgan fingerprint density at radius 3 is 2.66 bits per heavy atom. The fourth-order valence-electron chi connectivity index (χ4n) is 4.10. The van der Waals surface area contributed by atoms with Gasteiger partial charge in [-0.05, 0) is 47.2 Å². The zero-order valence-corrected chi connectivity index (χ0v) is 18.2. The number of hydrogen-bond donors (Lipinski definition) is 2. The lowest BCUT2D eigenvalue weighted by atomic mass is 9.75. The van der Waals surface area contributed by atoms with Gasteiger partial charge in [-0.3, -0.25) is 0 Å². The predicted octanol–water partition coefficient (Wildman–Crippen LogP) is 4.65. The molecule has 1 unspecified atom stereocenters. The monoisotopic (exact) mass is 432 g/mol. The van der Waals surface area contributed by atoms with Crippen LogP contribution in [0.5, 0.6) is 5.75 Å². The zero-order valence-electron chi connectivity index (χ0n) is 18.2. The summed E-state index contributed by atoms with van der Waals surface area (Å²) in [6.07, 6.45) is -0.295. The van der Waals surface area contributed by atoms with E-state index >= 15 is 0 Å². The Balaban J connectivity index is 1.70. The molecule has 0 saturated carbocycles. The highest BCUT2D eigenvalue weighted by atomic mass is 16.5. The van der Waals surface area contributed by atoms with Crippen molar-refractivity contribution in [1.82, 2.24) is 15.0 Å². The molecule has 2 aromatic carbocycles. The summed E-state index contributed by atoms with van der Waals surface area (Å²) in [5, 5.41) is 32.5. The number of carboxylic acid groups (broad SMARTS) is 1. The number of aromatic hydroxyl groups is 1. The molecule has 1 aromatic heterocycles. The molecular formula is C24H24N4O4. The zero-order chi connectivity index (χ0) is 23.0. The van der Waals surface area contributed by atoms with Gasteiger partial charge >= 0.3 is 6.09 Å². The number of phenols is 1. The van der Waals surface area contributed by atoms with Crippen molar-refractivity contribution in [2.24, 2.45) is 5.41 Å². The molecule has 0 bridgehead atoms. The molecule has 2 N–H and O–H groups in total. The first-order valence-electron chi connectivity index (χ1n) is 10.4. The van der Waals surface area contributed by atoms with Crippen molar-refractivity contribution in [2.75, 3.05) is 13.1 Å². The third kappa shape index (κ3) is 4.02. The Morgan fingerprint density at radius 1 is 1.22 bits per heavy atom. The second-order valence-corrected chi connectivity index (χ2v) is 9.08.